The molecule has 0 aliphatic heterocycles. The number of fused-ring (bicyclic) bond motifs is 1. The van der Waals surface area contributed by atoms with Crippen LogP contribution in [0.15, 0.2) is 54.1 Å². The van der Waals surface area contributed by atoms with Crippen LogP contribution in [0.5, 0.6) is 0 Å². The molecular weight excluding hydrogens is 204 g/mol. The lowest BCUT2D eigenvalue weighted by Crippen LogP contribution is -2.05. The molecule has 88 valence electrons. The zero-order chi connectivity index (χ0) is 11.5. The SMILES string of the molecule is C1=CCC2CCC(CCc3ccccc3)C2=C1. The molecule has 0 nitrogen and oxygen atoms in total. The van der Waals surface area contributed by atoms with Gasteiger partial charge in [0, 0.05) is 0 Å². The summed E-state index contributed by atoms with van der Waals surface area (Å²) in [5, 5.41) is 0. The molecule has 0 spiro atoms. The number of rotatable bonds is 3. The van der Waals surface area contributed by atoms with E-state index in [4.69, 9.17) is 0 Å². The highest BCUT2D eigenvalue weighted by Crippen LogP contribution is 2.42. The maximum Gasteiger partial charge on any atom is -0.0162 e. The van der Waals surface area contributed by atoms with E-state index in [2.05, 4.69) is 48.6 Å². The molecule has 0 N–H and O–H groups in total. The first-order valence-electron chi connectivity index (χ1n) is 6.84. The van der Waals surface area contributed by atoms with Crippen LogP contribution in [-0.2, 0) is 6.42 Å². The van der Waals surface area contributed by atoms with Crippen LogP contribution in [0, 0.1) is 11.8 Å². The van der Waals surface area contributed by atoms with Crippen LogP contribution in [0.2, 0.25) is 0 Å². The van der Waals surface area contributed by atoms with Crippen molar-refractivity contribution in [3.63, 3.8) is 0 Å². The molecule has 0 bridgehead atoms. The van der Waals surface area contributed by atoms with Gasteiger partial charge in [0.15, 0.2) is 0 Å². The van der Waals surface area contributed by atoms with Crippen LogP contribution in [0.4, 0.5) is 0 Å². The normalized spacial score (nSPS) is 26.7. The highest BCUT2D eigenvalue weighted by atomic mass is 14.3. The summed E-state index contributed by atoms with van der Waals surface area (Å²) in [6, 6.07) is 10.9. The Balaban J connectivity index is 1.63. The van der Waals surface area contributed by atoms with Gasteiger partial charge in [-0.1, -0.05) is 54.1 Å². The van der Waals surface area contributed by atoms with E-state index in [0.29, 0.717) is 0 Å². The quantitative estimate of drug-likeness (QED) is 0.707. The molecule has 3 rings (SSSR count). The predicted octanol–water partition coefficient (Wildman–Crippen LogP) is 4.53. The first kappa shape index (κ1) is 10.8. The summed E-state index contributed by atoms with van der Waals surface area (Å²) in [5.74, 6) is 1.73. The third-order valence-corrected chi connectivity index (χ3v) is 4.28. The molecule has 1 fully saturated rings. The van der Waals surface area contributed by atoms with Gasteiger partial charge >= 0.3 is 0 Å². The van der Waals surface area contributed by atoms with E-state index >= 15 is 0 Å². The lowest BCUT2D eigenvalue weighted by atomic mass is 9.88. The average molecular weight is 224 g/mol. The van der Waals surface area contributed by atoms with Crippen molar-refractivity contribution in [2.45, 2.75) is 32.1 Å². The maximum absolute atomic E-state index is 2.39. The molecule has 0 heterocycles. The molecule has 0 aromatic heterocycles. The van der Waals surface area contributed by atoms with E-state index in [1.165, 1.54) is 37.7 Å². The van der Waals surface area contributed by atoms with Gasteiger partial charge in [-0.25, -0.2) is 0 Å². The van der Waals surface area contributed by atoms with Crippen LogP contribution in [0.1, 0.15) is 31.2 Å². The molecule has 0 heteroatoms. The second kappa shape index (κ2) is 4.91. The third kappa shape index (κ3) is 2.36. The van der Waals surface area contributed by atoms with Gasteiger partial charge in [0.1, 0.15) is 0 Å². The number of benzene rings is 1. The van der Waals surface area contributed by atoms with Crippen LogP contribution in [0.25, 0.3) is 0 Å². The van der Waals surface area contributed by atoms with Crippen molar-refractivity contribution < 1.29 is 0 Å². The van der Waals surface area contributed by atoms with Crippen molar-refractivity contribution in [1.82, 2.24) is 0 Å². The van der Waals surface area contributed by atoms with E-state index < -0.39 is 0 Å². The van der Waals surface area contributed by atoms with Crippen molar-refractivity contribution in [3.05, 3.63) is 59.7 Å². The Labute approximate surface area is 104 Å². The van der Waals surface area contributed by atoms with Gasteiger partial charge in [0.05, 0.1) is 0 Å². The second-order valence-electron chi connectivity index (χ2n) is 5.33. The predicted molar refractivity (Wildman–Crippen MR) is 72.8 cm³/mol. The van der Waals surface area contributed by atoms with E-state index in [1.807, 2.05) is 0 Å². The Morgan fingerprint density at radius 1 is 1.06 bits per heavy atom. The fourth-order valence-corrected chi connectivity index (χ4v) is 3.31. The molecule has 1 aromatic rings. The van der Waals surface area contributed by atoms with E-state index in [1.54, 1.807) is 5.57 Å². The van der Waals surface area contributed by atoms with Gasteiger partial charge in [0.25, 0.3) is 0 Å². The first-order chi connectivity index (χ1) is 8.43. The van der Waals surface area contributed by atoms with Crippen molar-refractivity contribution in [2.75, 3.05) is 0 Å². The molecule has 0 radical (unpaired) electrons. The molecule has 2 atom stereocenters. The van der Waals surface area contributed by atoms with Crippen molar-refractivity contribution in [2.24, 2.45) is 11.8 Å². The summed E-state index contributed by atoms with van der Waals surface area (Å²) >= 11 is 0. The van der Waals surface area contributed by atoms with Gasteiger partial charge in [-0.2, -0.15) is 0 Å². The Morgan fingerprint density at radius 3 is 2.82 bits per heavy atom. The molecule has 1 saturated carbocycles. The van der Waals surface area contributed by atoms with Crippen LogP contribution >= 0.6 is 0 Å². The minimum atomic E-state index is 0.852. The largest absolute Gasteiger partial charge is 0.0839 e. The highest BCUT2D eigenvalue weighted by Gasteiger charge is 2.29. The molecule has 2 aliphatic carbocycles. The molecule has 2 unspecified atom stereocenters. The van der Waals surface area contributed by atoms with Gasteiger partial charge < -0.3 is 0 Å². The van der Waals surface area contributed by atoms with Crippen LogP contribution in [0.3, 0.4) is 0 Å². The molecule has 2 aliphatic rings. The Kier molecular flexibility index (Phi) is 3.13. The standard InChI is InChI=1S/C17H20/c1-2-6-14(7-3-1)10-11-16-13-12-15-8-4-5-9-17(15)16/h1-7,9,15-16H,8,10-13H2. The number of allylic oxidation sites excluding steroid dienone is 4. The zero-order valence-corrected chi connectivity index (χ0v) is 10.3. The van der Waals surface area contributed by atoms with Crippen molar-refractivity contribution in [3.8, 4) is 0 Å². The summed E-state index contributed by atoms with van der Waals surface area (Å²) in [4.78, 5) is 0. The first-order valence-corrected chi connectivity index (χ1v) is 6.84. The zero-order valence-electron chi connectivity index (χ0n) is 10.3. The Morgan fingerprint density at radius 2 is 1.94 bits per heavy atom. The summed E-state index contributed by atoms with van der Waals surface area (Å²) in [7, 11) is 0. The lowest BCUT2D eigenvalue weighted by Gasteiger charge is -2.18. The third-order valence-electron chi connectivity index (χ3n) is 4.28. The van der Waals surface area contributed by atoms with Crippen LogP contribution in [-0.4, -0.2) is 0 Å². The topological polar surface area (TPSA) is 0 Å². The lowest BCUT2D eigenvalue weighted by molar-refractivity contribution is 0.572. The molecule has 0 saturated heterocycles. The fourth-order valence-electron chi connectivity index (χ4n) is 3.31. The van der Waals surface area contributed by atoms with Crippen molar-refractivity contribution in [1.29, 1.82) is 0 Å². The maximum atomic E-state index is 2.39. The highest BCUT2D eigenvalue weighted by molar-refractivity contribution is 5.26. The van der Waals surface area contributed by atoms with Crippen LogP contribution < -0.4 is 0 Å². The Bertz CT molecular complexity index is 425. The number of hydrogen-bond donors (Lipinski definition) is 0. The number of aryl methyl sites for hydroxylation is 1. The summed E-state index contributed by atoms with van der Waals surface area (Å²) < 4.78 is 0. The van der Waals surface area contributed by atoms with Gasteiger partial charge in [-0.15, -0.1) is 0 Å². The summed E-state index contributed by atoms with van der Waals surface area (Å²) in [5.41, 5.74) is 3.23. The molecule has 17 heavy (non-hydrogen) atoms. The summed E-state index contributed by atoms with van der Waals surface area (Å²) in [6.45, 7) is 0. The van der Waals surface area contributed by atoms with E-state index in [0.717, 1.165) is 11.8 Å². The van der Waals surface area contributed by atoms with Gasteiger partial charge in [-0.3, -0.25) is 0 Å². The van der Waals surface area contributed by atoms with E-state index in [-0.39, 0.29) is 0 Å². The molecular formula is C17H20. The molecule has 1 aromatic carbocycles. The Hall–Kier alpha value is -1.30. The fraction of sp³-hybridized carbons (Fsp3) is 0.412. The summed E-state index contributed by atoms with van der Waals surface area (Å²) in [6.07, 6.45) is 13.6. The minimum Gasteiger partial charge on any atom is -0.0839 e. The smallest absolute Gasteiger partial charge is 0.0162 e. The van der Waals surface area contributed by atoms with Gasteiger partial charge in [0.2, 0.25) is 0 Å². The van der Waals surface area contributed by atoms with Crippen molar-refractivity contribution >= 4 is 0 Å². The minimum absolute atomic E-state index is 0.852. The second-order valence-corrected chi connectivity index (χ2v) is 5.33. The van der Waals surface area contributed by atoms with E-state index in [9.17, 15) is 0 Å². The average Bonchev–Trinajstić information content (AvgIpc) is 2.81. The molecule has 0 amide bonds. The monoisotopic (exact) mass is 224 g/mol. The van der Waals surface area contributed by atoms with Gasteiger partial charge in [-0.05, 0) is 49.5 Å². The number of hydrogen-bond acceptors (Lipinski definition) is 0.